The maximum atomic E-state index is 9.62. The van der Waals surface area contributed by atoms with Crippen molar-refractivity contribution in [3.63, 3.8) is 0 Å². The molecule has 0 spiro atoms. The second-order valence-corrected chi connectivity index (χ2v) is 5.91. The van der Waals surface area contributed by atoms with Gasteiger partial charge in [-0.1, -0.05) is 6.07 Å². The first-order chi connectivity index (χ1) is 10.1. The highest BCUT2D eigenvalue weighted by molar-refractivity contribution is 5.55. The summed E-state index contributed by atoms with van der Waals surface area (Å²) in [6.45, 7) is 0. The molecule has 0 radical (unpaired) electrons. The lowest BCUT2D eigenvalue weighted by Crippen LogP contribution is -2.17. The molecule has 2 N–H and O–H groups in total. The Balaban J connectivity index is 1.80. The van der Waals surface area contributed by atoms with Gasteiger partial charge < -0.3 is 15.3 Å². The summed E-state index contributed by atoms with van der Waals surface area (Å²) in [5, 5.41) is 13.2. The van der Waals surface area contributed by atoms with E-state index < -0.39 is 0 Å². The Hall–Kier alpha value is -2.16. The predicted octanol–water partition coefficient (Wildman–Crippen LogP) is 3.95. The molecule has 1 aliphatic rings. The zero-order valence-electron chi connectivity index (χ0n) is 12.6. The fourth-order valence-corrected chi connectivity index (χ4v) is 3.01. The van der Waals surface area contributed by atoms with Crippen LogP contribution >= 0.6 is 0 Å². The summed E-state index contributed by atoms with van der Waals surface area (Å²) in [7, 11) is 4.10. The van der Waals surface area contributed by atoms with Gasteiger partial charge in [-0.05, 0) is 66.8 Å². The third-order valence-electron chi connectivity index (χ3n) is 4.17. The number of aromatic hydroxyl groups is 1. The standard InChI is InChI=1S/C18H22N2O/c1-20(2)15-8-6-14(7-9-15)19-18-5-3-4-13-12-16(21)10-11-17(13)18/h6-12,18-19,21H,3-5H2,1-2H3. The van der Waals surface area contributed by atoms with E-state index >= 15 is 0 Å². The normalized spacial score (nSPS) is 17.1. The van der Waals surface area contributed by atoms with Crippen LogP contribution in [0.4, 0.5) is 11.4 Å². The zero-order chi connectivity index (χ0) is 14.8. The number of hydrogen-bond donors (Lipinski definition) is 2. The quantitative estimate of drug-likeness (QED) is 0.895. The van der Waals surface area contributed by atoms with Crippen LogP contribution < -0.4 is 10.2 Å². The Kier molecular flexibility index (Phi) is 3.74. The maximum Gasteiger partial charge on any atom is 0.115 e. The van der Waals surface area contributed by atoms with E-state index in [9.17, 15) is 5.11 Å². The van der Waals surface area contributed by atoms with Crippen LogP contribution in [0.5, 0.6) is 5.75 Å². The van der Waals surface area contributed by atoms with Crippen LogP contribution in [0.2, 0.25) is 0 Å². The molecule has 21 heavy (non-hydrogen) atoms. The highest BCUT2D eigenvalue weighted by atomic mass is 16.3. The largest absolute Gasteiger partial charge is 0.508 e. The molecule has 0 aromatic heterocycles. The lowest BCUT2D eigenvalue weighted by molar-refractivity contribution is 0.472. The Morgan fingerprint density at radius 1 is 1.10 bits per heavy atom. The molecule has 0 fully saturated rings. The second-order valence-electron chi connectivity index (χ2n) is 5.91. The molecule has 3 rings (SSSR count). The monoisotopic (exact) mass is 282 g/mol. The summed E-state index contributed by atoms with van der Waals surface area (Å²) in [6.07, 6.45) is 3.35. The Morgan fingerprint density at radius 3 is 2.57 bits per heavy atom. The van der Waals surface area contributed by atoms with Gasteiger partial charge in [0.15, 0.2) is 0 Å². The van der Waals surface area contributed by atoms with E-state index in [1.165, 1.54) is 16.8 Å². The predicted molar refractivity (Wildman–Crippen MR) is 88.2 cm³/mol. The number of phenolic OH excluding ortho intramolecular Hbond substituents is 1. The fourth-order valence-electron chi connectivity index (χ4n) is 3.01. The van der Waals surface area contributed by atoms with Crippen LogP contribution in [0.15, 0.2) is 42.5 Å². The number of fused-ring (bicyclic) bond motifs is 1. The molecular formula is C18H22N2O. The van der Waals surface area contributed by atoms with Gasteiger partial charge in [0.1, 0.15) is 5.75 Å². The topological polar surface area (TPSA) is 35.5 Å². The molecule has 2 aromatic carbocycles. The van der Waals surface area contributed by atoms with E-state index in [4.69, 9.17) is 0 Å². The third-order valence-corrected chi connectivity index (χ3v) is 4.17. The number of nitrogens with one attached hydrogen (secondary N) is 1. The number of anilines is 2. The average Bonchev–Trinajstić information content (AvgIpc) is 2.47. The third kappa shape index (κ3) is 2.97. The van der Waals surface area contributed by atoms with Crippen molar-refractivity contribution in [1.29, 1.82) is 0 Å². The van der Waals surface area contributed by atoms with Crippen LogP contribution in [0.3, 0.4) is 0 Å². The Morgan fingerprint density at radius 2 is 1.86 bits per heavy atom. The lowest BCUT2D eigenvalue weighted by Gasteiger charge is -2.27. The van der Waals surface area contributed by atoms with Gasteiger partial charge in [-0.3, -0.25) is 0 Å². The molecule has 0 saturated carbocycles. The second kappa shape index (κ2) is 5.68. The van der Waals surface area contributed by atoms with Crippen molar-refractivity contribution in [1.82, 2.24) is 0 Å². The number of benzene rings is 2. The minimum atomic E-state index is 0.333. The first-order valence-electron chi connectivity index (χ1n) is 7.49. The van der Waals surface area contributed by atoms with Crippen molar-refractivity contribution in [2.24, 2.45) is 0 Å². The molecule has 3 nitrogen and oxygen atoms in total. The molecule has 0 aliphatic heterocycles. The van der Waals surface area contributed by atoms with E-state index in [1.54, 1.807) is 6.07 Å². The Labute approximate surface area is 126 Å². The molecule has 110 valence electrons. The summed E-state index contributed by atoms with van der Waals surface area (Å²) in [4.78, 5) is 2.10. The van der Waals surface area contributed by atoms with Crippen LogP contribution in [0.25, 0.3) is 0 Å². The minimum absolute atomic E-state index is 0.333. The summed E-state index contributed by atoms with van der Waals surface area (Å²) in [6, 6.07) is 14.6. The smallest absolute Gasteiger partial charge is 0.115 e. The van der Waals surface area contributed by atoms with Gasteiger partial charge in [-0.2, -0.15) is 0 Å². The van der Waals surface area contributed by atoms with Crippen molar-refractivity contribution in [2.75, 3.05) is 24.3 Å². The molecule has 3 heteroatoms. The number of phenols is 1. The van der Waals surface area contributed by atoms with Gasteiger partial charge in [-0.25, -0.2) is 0 Å². The van der Waals surface area contributed by atoms with Gasteiger partial charge in [0.25, 0.3) is 0 Å². The number of rotatable bonds is 3. The van der Waals surface area contributed by atoms with Crippen LogP contribution in [-0.4, -0.2) is 19.2 Å². The molecule has 2 aromatic rings. The van der Waals surface area contributed by atoms with Crippen molar-refractivity contribution in [3.8, 4) is 5.75 Å². The number of aryl methyl sites for hydroxylation is 1. The van der Waals surface area contributed by atoms with Gasteiger partial charge in [0.05, 0.1) is 6.04 Å². The van der Waals surface area contributed by atoms with Crippen molar-refractivity contribution < 1.29 is 5.11 Å². The van der Waals surface area contributed by atoms with E-state index in [2.05, 4.69) is 40.5 Å². The van der Waals surface area contributed by atoms with E-state index in [1.807, 2.05) is 20.2 Å². The molecular weight excluding hydrogens is 260 g/mol. The molecule has 0 bridgehead atoms. The van der Waals surface area contributed by atoms with E-state index in [0.29, 0.717) is 11.8 Å². The molecule has 0 saturated heterocycles. The average molecular weight is 282 g/mol. The highest BCUT2D eigenvalue weighted by Crippen LogP contribution is 2.34. The van der Waals surface area contributed by atoms with Gasteiger partial charge >= 0.3 is 0 Å². The van der Waals surface area contributed by atoms with Crippen molar-refractivity contribution >= 4 is 11.4 Å². The summed E-state index contributed by atoms with van der Waals surface area (Å²) >= 11 is 0. The molecule has 1 unspecified atom stereocenters. The van der Waals surface area contributed by atoms with Crippen molar-refractivity contribution in [3.05, 3.63) is 53.6 Å². The first kappa shape index (κ1) is 13.8. The zero-order valence-corrected chi connectivity index (χ0v) is 12.6. The van der Waals surface area contributed by atoms with Gasteiger partial charge in [0, 0.05) is 25.5 Å². The van der Waals surface area contributed by atoms with Crippen LogP contribution in [0.1, 0.15) is 30.0 Å². The lowest BCUT2D eigenvalue weighted by atomic mass is 9.87. The van der Waals surface area contributed by atoms with Gasteiger partial charge in [0.2, 0.25) is 0 Å². The number of hydrogen-bond acceptors (Lipinski definition) is 3. The van der Waals surface area contributed by atoms with Gasteiger partial charge in [-0.15, -0.1) is 0 Å². The van der Waals surface area contributed by atoms with Crippen LogP contribution in [-0.2, 0) is 6.42 Å². The van der Waals surface area contributed by atoms with Crippen molar-refractivity contribution in [2.45, 2.75) is 25.3 Å². The molecule has 1 aliphatic carbocycles. The SMILES string of the molecule is CN(C)c1ccc(NC2CCCc3cc(O)ccc32)cc1. The molecule has 1 atom stereocenters. The van der Waals surface area contributed by atoms with Crippen LogP contribution in [0, 0.1) is 0 Å². The summed E-state index contributed by atoms with van der Waals surface area (Å²) in [5.41, 5.74) is 4.93. The summed E-state index contributed by atoms with van der Waals surface area (Å²) in [5.74, 6) is 0.365. The molecule has 0 heterocycles. The first-order valence-corrected chi connectivity index (χ1v) is 7.49. The molecule has 0 amide bonds. The highest BCUT2D eigenvalue weighted by Gasteiger charge is 2.20. The van der Waals surface area contributed by atoms with E-state index in [0.717, 1.165) is 24.9 Å². The van der Waals surface area contributed by atoms with E-state index in [-0.39, 0.29) is 0 Å². The summed E-state index contributed by atoms with van der Waals surface area (Å²) < 4.78 is 0. The minimum Gasteiger partial charge on any atom is -0.508 e. The maximum absolute atomic E-state index is 9.62. The number of nitrogens with zero attached hydrogens (tertiary/aromatic N) is 1. The fraction of sp³-hybridized carbons (Fsp3) is 0.333. The Bertz CT molecular complexity index is 620.